The highest BCUT2D eigenvalue weighted by molar-refractivity contribution is 7.10. The molecule has 0 saturated heterocycles. The maximum atomic E-state index is 12.0. The van der Waals surface area contributed by atoms with Crippen LogP contribution >= 0.6 is 11.3 Å². The van der Waals surface area contributed by atoms with E-state index >= 15 is 0 Å². The van der Waals surface area contributed by atoms with Crippen LogP contribution in [-0.4, -0.2) is 25.0 Å². The van der Waals surface area contributed by atoms with Crippen LogP contribution in [0.4, 0.5) is 4.79 Å². The summed E-state index contributed by atoms with van der Waals surface area (Å²) in [6, 6.07) is 13.8. The number of unbranched alkanes of at least 4 members (excludes halogenated alkanes) is 1. The Labute approximate surface area is 146 Å². The fourth-order valence-electron chi connectivity index (χ4n) is 2.37. The molecule has 3 amide bonds. The fraction of sp³-hybridized carbons (Fsp3) is 0.333. The minimum Gasteiger partial charge on any atom is -0.338 e. The van der Waals surface area contributed by atoms with E-state index in [0.717, 1.165) is 18.4 Å². The highest BCUT2D eigenvalue weighted by Gasteiger charge is 2.20. The van der Waals surface area contributed by atoms with Crippen LogP contribution in [0, 0.1) is 0 Å². The summed E-state index contributed by atoms with van der Waals surface area (Å²) in [4.78, 5) is 24.8. The molecule has 0 spiro atoms. The van der Waals surface area contributed by atoms with Gasteiger partial charge in [0.05, 0.1) is 4.88 Å². The first-order valence-corrected chi connectivity index (χ1v) is 9.08. The molecule has 2 rings (SSSR count). The zero-order valence-corrected chi connectivity index (χ0v) is 14.6. The van der Waals surface area contributed by atoms with E-state index in [0.29, 0.717) is 6.54 Å². The lowest BCUT2D eigenvalue weighted by Crippen LogP contribution is -2.87. The first kappa shape index (κ1) is 18.2. The molecule has 0 aliphatic rings. The van der Waals surface area contributed by atoms with Gasteiger partial charge in [-0.1, -0.05) is 49.7 Å². The average molecular weight is 346 g/mol. The number of benzene rings is 1. The number of carbonyl (C=O) groups excluding carboxylic acids is 2. The van der Waals surface area contributed by atoms with Crippen LogP contribution < -0.4 is 16.0 Å². The molecule has 2 aromatic rings. The van der Waals surface area contributed by atoms with Crippen molar-refractivity contribution >= 4 is 23.3 Å². The second kappa shape index (κ2) is 9.85. The first-order chi connectivity index (χ1) is 11.7. The van der Waals surface area contributed by atoms with Crippen LogP contribution in [0.25, 0.3) is 0 Å². The third-order valence-corrected chi connectivity index (χ3v) is 4.57. The Morgan fingerprint density at radius 2 is 1.96 bits per heavy atom. The normalized spacial score (nSPS) is 11.7. The first-order valence-electron chi connectivity index (χ1n) is 8.20. The van der Waals surface area contributed by atoms with Gasteiger partial charge < -0.3 is 10.6 Å². The average Bonchev–Trinajstić information content (AvgIpc) is 3.10. The van der Waals surface area contributed by atoms with Crippen molar-refractivity contribution in [1.82, 2.24) is 10.6 Å². The van der Waals surface area contributed by atoms with E-state index in [1.165, 1.54) is 4.88 Å². The molecule has 0 saturated carbocycles. The molecule has 5 nitrogen and oxygen atoms in total. The van der Waals surface area contributed by atoms with E-state index in [1.807, 2.05) is 41.9 Å². The van der Waals surface area contributed by atoms with Gasteiger partial charge in [0.1, 0.15) is 6.04 Å². The van der Waals surface area contributed by atoms with Crippen LogP contribution in [0.5, 0.6) is 0 Å². The number of quaternary nitrogens is 1. The van der Waals surface area contributed by atoms with Crippen molar-refractivity contribution in [3.8, 4) is 0 Å². The van der Waals surface area contributed by atoms with E-state index in [-0.39, 0.29) is 18.5 Å². The standard InChI is InChI=1S/C18H23N3O2S/c1-2-3-11-19-18(23)21-16(22)13-20-17(15-10-7-12-24-15)14-8-5-4-6-9-14/h4-10,12,17,20H,2-3,11,13H2,1H3,(H2,19,21,22,23)/p+1/t17-/m0/s1. The van der Waals surface area contributed by atoms with Crippen molar-refractivity contribution in [3.05, 3.63) is 58.3 Å². The number of hydrogen-bond donors (Lipinski definition) is 3. The van der Waals surface area contributed by atoms with Gasteiger partial charge in [-0.15, -0.1) is 11.3 Å². The molecule has 0 bridgehead atoms. The molecule has 0 unspecified atom stereocenters. The predicted octanol–water partition coefficient (Wildman–Crippen LogP) is 2.03. The molecule has 4 N–H and O–H groups in total. The van der Waals surface area contributed by atoms with Gasteiger partial charge in [-0.05, 0) is 17.9 Å². The number of thiophene rings is 1. The van der Waals surface area contributed by atoms with Gasteiger partial charge >= 0.3 is 6.03 Å². The van der Waals surface area contributed by atoms with Gasteiger partial charge in [0.2, 0.25) is 0 Å². The van der Waals surface area contributed by atoms with E-state index < -0.39 is 6.03 Å². The molecule has 0 aliphatic heterocycles. The third-order valence-electron chi connectivity index (χ3n) is 3.62. The summed E-state index contributed by atoms with van der Waals surface area (Å²) in [5.74, 6) is -0.290. The number of amides is 3. The molecule has 0 fully saturated rings. The fourth-order valence-corrected chi connectivity index (χ4v) is 3.22. The minimum atomic E-state index is -0.422. The van der Waals surface area contributed by atoms with Crippen LogP contribution in [0.2, 0.25) is 0 Å². The monoisotopic (exact) mass is 346 g/mol. The Hall–Kier alpha value is -2.18. The van der Waals surface area contributed by atoms with Gasteiger partial charge in [-0.25, -0.2) is 4.79 Å². The molecule has 6 heteroatoms. The lowest BCUT2D eigenvalue weighted by molar-refractivity contribution is -0.676. The summed E-state index contributed by atoms with van der Waals surface area (Å²) >= 11 is 1.66. The Morgan fingerprint density at radius 3 is 2.62 bits per heavy atom. The number of rotatable bonds is 8. The highest BCUT2D eigenvalue weighted by atomic mass is 32.1. The summed E-state index contributed by atoms with van der Waals surface area (Å²) in [5.41, 5.74) is 1.14. The molecular formula is C18H24N3O2S+. The van der Waals surface area contributed by atoms with Gasteiger partial charge in [0.15, 0.2) is 6.54 Å². The van der Waals surface area contributed by atoms with E-state index in [2.05, 4.69) is 28.8 Å². The maximum Gasteiger partial charge on any atom is 0.321 e. The van der Waals surface area contributed by atoms with Crippen molar-refractivity contribution in [3.63, 3.8) is 0 Å². The minimum absolute atomic E-state index is 0.0557. The van der Waals surface area contributed by atoms with Crippen molar-refractivity contribution in [2.75, 3.05) is 13.1 Å². The van der Waals surface area contributed by atoms with Gasteiger partial charge in [0, 0.05) is 12.1 Å². The SMILES string of the molecule is CCCCNC(=O)NC(=O)C[NH2+][C@@H](c1ccccc1)c1cccs1. The van der Waals surface area contributed by atoms with Crippen molar-refractivity contribution in [1.29, 1.82) is 0 Å². The molecule has 128 valence electrons. The Bertz CT molecular complexity index is 629. The summed E-state index contributed by atoms with van der Waals surface area (Å²) < 4.78 is 0. The molecule has 1 atom stereocenters. The topological polar surface area (TPSA) is 74.8 Å². The lowest BCUT2D eigenvalue weighted by atomic mass is 10.1. The van der Waals surface area contributed by atoms with Crippen LogP contribution in [0.3, 0.4) is 0 Å². The lowest BCUT2D eigenvalue weighted by Gasteiger charge is -2.14. The van der Waals surface area contributed by atoms with Crippen molar-refractivity contribution < 1.29 is 14.9 Å². The summed E-state index contributed by atoms with van der Waals surface area (Å²) in [7, 11) is 0. The second-order valence-electron chi connectivity index (χ2n) is 5.50. The summed E-state index contributed by atoms with van der Waals surface area (Å²) in [6.45, 7) is 2.83. The molecule has 0 radical (unpaired) electrons. The van der Waals surface area contributed by atoms with E-state index in [1.54, 1.807) is 11.3 Å². The smallest absolute Gasteiger partial charge is 0.321 e. The Kier molecular flexibility index (Phi) is 7.45. The van der Waals surface area contributed by atoms with Crippen molar-refractivity contribution in [2.45, 2.75) is 25.8 Å². The molecule has 1 aromatic carbocycles. The summed E-state index contributed by atoms with van der Waals surface area (Å²) in [6.07, 6.45) is 1.91. The number of hydrogen-bond acceptors (Lipinski definition) is 3. The predicted molar refractivity (Wildman–Crippen MR) is 95.8 cm³/mol. The van der Waals surface area contributed by atoms with Crippen LogP contribution in [0.15, 0.2) is 47.8 Å². The molecule has 24 heavy (non-hydrogen) atoms. The zero-order chi connectivity index (χ0) is 17.2. The zero-order valence-electron chi connectivity index (χ0n) is 13.8. The molecule has 0 aliphatic carbocycles. The number of carbonyl (C=O) groups is 2. The molecule has 1 heterocycles. The van der Waals surface area contributed by atoms with E-state index in [4.69, 9.17) is 0 Å². The maximum absolute atomic E-state index is 12.0. The Morgan fingerprint density at radius 1 is 1.17 bits per heavy atom. The van der Waals surface area contributed by atoms with E-state index in [9.17, 15) is 9.59 Å². The van der Waals surface area contributed by atoms with Crippen LogP contribution in [0.1, 0.15) is 36.2 Å². The van der Waals surface area contributed by atoms with Gasteiger partial charge in [0.25, 0.3) is 5.91 Å². The van der Waals surface area contributed by atoms with Crippen LogP contribution in [-0.2, 0) is 4.79 Å². The second-order valence-corrected chi connectivity index (χ2v) is 6.48. The number of imide groups is 1. The highest BCUT2D eigenvalue weighted by Crippen LogP contribution is 2.22. The summed E-state index contributed by atoms with van der Waals surface area (Å²) in [5, 5.41) is 9.04. The number of nitrogens with two attached hydrogens (primary N) is 1. The quantitative estimate of drug-likeness (QED) is 0.640. The molecule has 1 aromatic heterocycles. The molecular weight excluding hydrogens is 322 g/mol. The third kappa shape index (κ3) is 5.79. The van der Waals surface area contributed by atoms with Gasteiger partial charge in [-0.2, -0.15) is 0 Å². The number of urea groups is 1. The number of nitrogens with one attached hydrogen (secondary N) is 2. The Balaban J connectivity index is 1.89. The largest absolute Gasteiger partial charge is 0.338 e. The van der Waals surface area contributed by atoms with Gasteiger partial charge in [-0.3, -0.25) is 10.1 Å². The van der Waals surface area contributed by atoms with Crippen molar-refractivity contribution in [2.24, 2.45) is 0 Å².